The Morgan fingerprint density at radius 2 is 1.15 bits per heavy atom. The fraction of sp³-hybridized carbons (Fsp3) is 0.444. The van der Waals surface area contributed by atoms with Crippen LogP contribution in [0.5, 0.6) is 0 Å². The molecule has 0 unspecified atom stereocenters. The molecule has 0 nitrogen and oxygen atoms in total. The molecule has 0 atom stereocenters. The van der Waals surface area contributed by atoms with E-state index in [9.17, 15) is 0 Å². The van der Waals surface area contributed by atoms with E-state index < -0.39 is 0 Å². The number of hydrogen-bond donors (Lipinski definition) is 0. The van der Waals surface area contributed by atoms with Crippen molar-refractivity contribution in [3.05, 3.63) is 47.5 Å². The molecule has 20 heavy (non-hydrogen) atoms. The third kappa shape index (κ3) is 4.75. The molecule has 0 aromatic heterocycles. The van der Waals surface area contributed by atoms with Gasteiger partial charge in [0.25, 0.3) is 0 Å². The lowest BCUT2D eigenvalue weighted by molar-refractivity contribution is 1.10. The topological polar surface area (TPSA) is 0 Å². The van der Waals surface area contributed by atoms with E-state index >= 15 is 0 Å². The molecule has 0 heterocycles. The van der Waals surface area contributed by atoms with Gasteiger partial charge in [0.1, 0.15) is 0 Å². The molecular weight excluding hydrogens is 280 g/mol. The molecule has 2 rings (SSSR count). The first kappa shape index (κ1) is 15.8. The predicted octanol–water partition coefficient (Wildman–Crippen LogP) is 6.13. The van der Waals surface area contributed by atoms with Gasteiger partial charge in [-0.3, -0.25) is 0 Å². The normalized spacial score (nSPS) is 11.1. The zero-order valence-corrected chi connectivity index (χ0v) is 14.2. The maximum absolute atomic E-state index is 2.35. The molecule has 0 aliphatic heterocycles. The molecule has 0 N–H and O–H groups in total. The van der Waals surface area contributed by atoms with Crippen molar-refractivity contribution in [1.82, 2.24) is 0 Å². The molecule has 2 aromatic rings. The smallest absolute Gasteiger partial charge is 0.0184 e. The van der Waals surface area contributed by atoms with E-state index in [1.165, 1.54) is 46.2 Å². The summed E-state index contributed by atoms with van der Waals surface area (Å²) < 4.78 is 0. The number of benzene rings is 2. The summed E-state index contributed by atoms with van der Waals surface area (Å²) >= 11 is 4.06. The van der Waals surface area contributed by atoms with Gasteiger partial charge in [-0.25, -0.2) is 0 Å². The first-order valence-electron chi connectivity index (χ1n) is 7.50. The fourth-order valence-electron chi connectivity index (χ4n) is 2.19. The fourth-order valence-corrected chi connectivity index (χ4v) is 3.89. The Hall–Kier alpha value is -0.600. The summed E-state index contributed by atoms with van der Waals surface area (Å²) in [7, 11) is 0. The summed E-state index contributed by atoms with van der Waals surface area (Å²) in [6.07, 6.45) is 2.52. The summed E-state index contributed by atoms with van der Waals surface area (Å²) in [5.41, 5.74) is 2.90. The molecule has 2 aromatic carbocycles. The molecule has 0 radical (unpaired) electrons. The standard InChI is InChI=1S/C18H24S2/c1-3-9-19-13-15-5-7-18-12-16(14-20-10-4-2)6-8-17(18)11-15/h5-8,11-12H,3-4,9-10,13-14H2,1-2H3. The second-order valence-electron chi connectivity index (χ2n) is 5.12. The Morgan fingerprint density at radius 3 is 1.55 bits per heavy atom. The van der Waals surface area contributed by atoms with Gasteiger partial charge < -0.3 is 0 Å². The van der Waals surface area contributed by atoms with Crippen LogP contribution < -0.4 is 0 Å². The summed E-state index contributed by atoms with van der Waals surface area (Å²) in [4.78, 5) is 0. The van der Waals surface area contributed by atoms with Crippen molar-refractivity contribution in [2.75, 3.05) is 11.5 Å². The number of hydrogen-bond acceptors (Lipinski definition) is 2. The minimum Gasteiger partial charge on any atom is -0.157 e. The first-order chi connectivity index (χ1) is 9.83. The minimum absolute atomic E-state index is 1.14. The van der Waals surface area contributed by atoms with Crippen molar-refractivity contribution < 1.29 is 0 Å². The SMILES string of the molecule is CCCSCc1ccc2cc(CSCCC)ccc2c1. The Kier molecular flexibility index (Phi) is 6.81. The van der Waals surface area contributed by atoms with Crippen LogP contribution >= 0.6 is 23.5 Å². The van der Waals surface area contributed by atoms with Crippen LogP contribution in [0, 0.1) is 0 Å². The molecule has 0 spiro atoms. The van der Waals surface area contributed by atoms with Gasteiger partial charge in [0.2, 0.25) is 0 Å². The van der Waals surface area contributed by atoms with Crippen LogP contribution in [0.3, 0.4) is 0 Å². The van der Waals surface area contributed by atoms with Crippen molar-refractivity contribution in [1.29, 1.82) is 0 Å². The summed E-state index contributed by atoms with van der Waals surface area (Å²) in [6, 6.07) is 13.8. The van der Waals surface area contributed by atoms with Crippen LogP contribution in [-0.4, -0.2) is 11.5 Å². The van der Waals surface area contributed by atoms with Crippen LogP contribution in [-0.2, 0) is 11.5 Å². The average Bonchev–Trinajstić information content (AvgIpc) is 2.48. The third-order valence-electron chi connectivity index (χ3n) is 3.20. The largest absolute Gasteiger partial charge is 0.157 e. The quantitative estimate of drug-likeness (QED) is 0.538. The molecule has 0 fully saturated rings. The molecule has 0 bridgehead atoms. The van der Waals surface area contributed by atoms with Crippen molar-refractivity contribution in [2.45, 2.75) is 38.2 Å². The second-order valence-corrected chi connectivity index (χ2v) is 7.33. The van der Waals surface area contributed by atoms with Gasteiger partial charge >= 0.3 is 0 Å². The minimum atomic E-state index is 1.14. The summed E-state index contributed by atoms with van der Waals surface area (Å²) in [5, 5.41) is 2.76. The van der Waals surface area contributed by atoms with Gasteiger partial charge in [-0.1, -0.05) is 50.2 Å². The van der Waals surface area contributed by atoms with Gasteiger partial charge in [-0.2, -0.15) is 23.5 Å². The lowest BCUT2D eigenvalue weighted by Crippen LogP contribution is -1.86. The van der Waals surface area contributed by atoms with E-state index in [4.69, 9.17) is 0 Å². The molecular formula is C18H24S2. The highest BCUT2D eigenvalue weighted by atomic mass is 32.2. The van der Waals surface area contributed by atoms with Gasteiger partial charge in [0.05, 0.1) is 0 Å². The van der Waals surface area contributed by atoms with Gasteiger partial charge in [0.15, 0.2) is 0 Å². The Balaban J connectivity index is 2.04. The Labute approximate surface area is 131 Å². The van der Waals surface area contributed by atoms with Crippen LogP contribution in [0.2, 0.25) is 0 Å². The van der Waals surface area contributed by atoms with Crippen molar-refractivity contribution in [3.63, 3.8) is 0 Å². The van der Waals surface area contributed by atoms with E-state index in [1.807, 2.05) is 23.5 Å². The molecule has 108 valence electrons. The Morgan fingerprint density at radius 1 is 0.700 bits per heavy atom. The highest BCUT2D eigenvalue weighted by Crippen LogP contribution is 2.23. The van der Waals surface area contributed by atoms with Gasteiger partial charge in [-0.15, -0.1) is 0 Å². The lowest BCUT2D eigenvalue weighted by Gasteiger charge is -2.06. The second kappa shape index (κ2) is 8.63. The Bertz CT molecular complexity index is 485. The van der Waals surface area contributed by atoms with Crippen molar-refractivity contribution in [3.8, 4) is 0 Å². The van der Waals surface area contributed by atoms with Gasteiger partial charge in [0, 0.05) is 11.5 Å². The van der Waals surface area contributed by atoms with Crippen molar-refractivity contribution in [2.24, 2.45) is 0 Å². The third-order valence-corrected chi connectivity index (χ3v) is 5.67. The zero-order chi connectivity index (χ0) is 14.2. The molecule has 0 saturated heterocycles. The average molecular weight is 305 g/mol. The molecule has 0 aliphatic rings. The lowest BCUT2D eigenvalue weighted by atomic mass is 10.1. The zero-order valence-electron chi connectivity index (χ0n) is 12.5. The molecule has 0 amide bonds. The molecule has 0 saturated carbocycles. The summed E-state index contributed by atoms with van der Waals surface area (Å²) in [5.74, 6) is 4.78. The van der Waals surface area contributed by atoms with Crippen LogP contribution in [0.25, 0.3) is 10.8 Å². The monoisotopic (exact) mass is 304 g/mol. The number of rotatable bonds is 8. The maximum atomic E-state index is 2.35. The highest BCUT2D eigenvalue weighted by molar-refractivity contribution is 7.98. The van der Waals surface area contributed by atoms with Crippen LogP contribution in [0.4, 0.5) is 0 Å². The van der Waals surface area contributed by atoms with E-state index in [-0.39, 0.29) is 0 Å². The van der Waals surface area contributed by atoms with Crippen molar-refractivity contribution >= 4 is 34.3 Å². The van der Waals surface area contributed by atoms with Crippen LogP contribution in [0.15, 0.2) is 36.4 Å². The summed E-state index contributed by atoms with van der Waals surface area (Å²) in [6.45, 7) is 4.48. The van der Waals surface area contributed by atoms with Gasteiger partial charge in [-0.05, 0) is 46.2 Å². The predicted molar refractivity (Wildman–Crippen MR) is 96.9 cm³/mol. The molecule has 2 heteroatoms. The van der Waals surface area contributed by atoms with Crippen LogP contribution in [0.1, 0.15) is 37.8 Å². The van der Waals surface area contributed by atoms with E-state index in [2.05, 4.69) is 50.2 Å². The number of fused-ring (bicyclic) bond motifs is 1. The first-order valence-corrected chi connectivity index (χ1v) is 9.81. The highest BCUT2D eigenvalue weighted by Gasteiger charge is 2.00. The number of thioether (sulfide) groups is 2. The van der Waals surface area contributed by atoms with E-state index in [0.717, 1.165) is 11.5 Å². The molecule has 0 aliphatic carbocycles. The van der Waals surface area contributed by atoms with E-state index in [1.54, 1.807) is 0 Å². The van der Waals surface area contributed by atoms with E-state index in [0.29, 0.717) is 0 Å². The maximum Gasteiger partial charge on any atom is 0.0184 e.